The third kappa shape index (κ3) is 4.94. The Morgan fingerprint density at radius 2 is 1.89 bits per heavy atom. The molecule has 182 valence electrons. The molecular formula is C26H26ClN3O4S. The molecular weight excluding hydrogens is 486 g/mol. The predicted molar refractivity (Wildman–Crippen MR) is 138 cm³/mol. The second-order valence-corrected chi connectivity index (χ2v) is 10.6. The maximum absolute atomic E-state index is 13.8. The minimum atomic E-state index is -0.919. The first kappa shape index (κ1) is 24.9. The fourth-order valence-electron chi connectivity index (χ4n) is 4.27. The monoisotopic (exact) mass is 511 g/mol. The van der Waals surface area contributed by atoms with Crippen molar-refractivity contribution in [2.45, 2.75) is 46.2 Å². The van der Waals surface area contributed by atoms with Crippen LogP contribution in [0.1, 0.15) is 44.4 Å². The number of rotatable bonds is 7. The molecule has 0 saturated heterocycles. The van der Waals surface area contributed by atoms with Crippen LogP contribution < -0.4 is 10.2 Å². The van der Waals surface area contributed by atoms with E-state index in [1.165, 1.54) is 23.2 Å². The molecule has 1 aliphatic heterocycles. The van der Waals surface area contributed by atoms with Crippen molar-refractivity contribution in [1.29, 1.82) is 0 Å². The largest absolute Gasteiger partial charge is 0.503 e. The normalized spacial score (nSPS) is 16.9. The van der Waals surface area contributed by atoms with Gasteiger partial charge >= 0.3 is 0 Å². The summed E-state index contributed by atoms with van der Waals surface area (Å²) in [4.78, 5) is 45.0. The molecule has 2 N–H and O–H groups in total. The summed E-state index contributed by atoms with van der Waals surface area (Å²) in [6.45, 7) is 7.17. The summed E-state index contributed by atoms with van der Waals surface area (Å²) < 4.78 is 0.887. The topological polar surface area (TPSA) is 99.6 Å². The number of anilines is 1. The number of aryl methyl sites for hydroxylation is 1. The molecule has 2 amide bonds. The van der Waals surface area contributed by atoms with Gasteiger partial charge in [0.25, 0.3) is 5.91 Å². The lowest BCUT2D eigenvalue weighted by molar-refractivity contribution is -0.125. The van der Waals surface area contributed by atoms with Gasteiger partial charge in [0.1, 0.15) is 0 Å². The number of thiazole rings is 1. The van der Waals surface area contributed by atoms with Gasteiger partial charge in [-0.15, -0.1) is 0 Å². The average Bonchev–Trinajstić information content (AvgIpc) is 3.30. The smallest absolute Gasteiger partial charge is 0.296 e. The van der Waals surface area contributed by atoms with Crippen LogP contribution in [0.3, 0.4) is 0 Å². The molecule has 0 fully saturated rings. The van der Waals surface area contributed by atoms with Crippen LogP contribution in [0, 0.1) is 12.8 Å². The van der Waals surface area contributed by atoms with Crippen LogP contribution in [0.25, 0.3) is 10.2 Å². The molecule has 35 heavy (non-hydrogen) atoms. The van der Waals surface area contributed by atoms with Gasteiger partial charge in [0.05, 0.1) is 27.9 Å². The second-order valence-electron chi connectivity index (χ2n) is 9.11. The molecule has 0 saturated carbocycles. The van der Waals surface area contributed by atoms with E-state index in [1.54, 1.807) is 24.3 Å². The van der Waals surface area contributed by atoms with Gasteiger partial charge in [-0.05, 0) is 54.7 Å². The molecule has 2 aromatic carbocycles. The van der Waals surface area contributed by atoms with Gasteiger partial charge in [-0.2, -0.15) is 0 Å². The van der Waals surface area contributed by atoms with Gasteiger partial charge in [-0.25, -0.2) is 4.98 Å². The maximum Gasteiger partial charge on any atom is 0.296 e. The summed E-state index contributed by atoms with van der Waals surface area (Å²) in [5.41, 5.74) is 2.30. The highest BCUT2D eigenvalue weighted by Crippen LogP contribution is 2.44. The van der Waals surface area contributed by atoms with E-state index in [0.717, 1.165) is 10.3 Å². The fraction of sp³-hybridized carbons (Fsp3) is 0.308. The molecule has 3 aromatic rings. The molecule has 0 radical (unpaired) electrons. The van der Waals surface area contributed by atoms with Gasteiger partial charge in [0.2, 0.25) is 5.91 Å². The van der Waals surface area contributed by atoms with Crippen molar-refractivity contribution in [3.63, 3.8) is 0 Å². The van der Waals surface area contributed by atoms with Crippen molar-refractivity contribution in [3.05, 3.63) is 69.9 Å². The maximum atomic E-state index is 13.8. The highest BCUT2D eigenvalue weighted by Gasteiger charge is 2.47. The van der Waals surface area contributed by atoms with E-state index in [4.69, 9.17) is 11.6 Å². The van der Waals surface area contributed by atoms with Gasteiger partial charge in [-0.1, -0.05) is 55.0 Å². The van der Waals surface area contributed by atoms with Crippen LogP contribution in [0.15, 0.2) is 53.8 Å². The van der Waals surface area contributed by atoms with Crippen LogP contribution in [0.2, 0.25) is 5.02 Å². The summed E-state index contributed by atoms with van der Waals surface area (Å²) in [6.07, 6.45) is 0.358. The average molecular weight is 512 g/mol. The Hall–Kier alpha value is -3.23. The predicted octanol–water partition coefficient (Wildman–Crippen LogP) is 5.28. The number of nitrogens with zero attached hydrogens (tertiary/aromatic N) is 2. The summed E-state index contributed by atoms with van der Waals surface area (Å²) in [5.74, 6) is -2.12. The zero-order valence-electron chi connectivity index (χ0n) is 19.8. The Bertz CT molecular complexity index is 1350. The molecule has 7 nitrogen and oxygen atoms in total. The molecule has 0 aliphatic carbocycles. The number of aliphatic hydroxyl groups excluding tert-OH is 1. The number of Topliss-reactive ketones (excluding diaryl/α,β-unsaturated/α-hetero) is 1. The van der Waals surface area contributed by atoms with E-state index in [1.807, 2.05) is 39.0 Å². The third-order valence-corrected chi connectivity index (χ3v) is 7.07. The van der Waals surface area contributed by atoms with E-state index in [9.17, 15) is 19.5 Å². The number of hydrogen-bond acceptors (Lipinski definition) is 6. The number of nitrogens with one attached hydrogen (secondary N) is 1. The number of benzene rings is 2. The van der Waals surface area contributed by atoms with Gasteiger partial charge < -0.3 is 10.4 Å². The number of carbonyl (C=O) groups excluding carboxylic acids is 3. The number of carbonyl (C=O) groups is 3. The van der Waals surface area contributed by atoms with E-state index in [2.05, 4.69) is 10.3 Å². The molecule has 2 heterocycles. The van der Waals surface area contributed by atoms with Crippen molar-refractivity contribution in [2.24, 2.45) is 5.92 Å². The lowest BCUT2D eigenvalue weighted by Gasteiger charge is -2.26. The van der Waals surface area contributed by atoms with Crippen LogP contribution in [-0.2, 0) is 14.4 Å². The quantitative estimate of drug-likeness (QED) is 0.449. The standard InChI is InChI=1S/C26H26ClN3O4S/c1-13(2)11-19(28-15(4)31)23(32)21-22(16-6-8-17(27)9-7-16)30(25(34)24(21)33)26-29-18-10-5-14(3)12-20(18)35-26/h5-10,12-13,19,22,33H,11H2,1-4H3,(H,28,31). The summed E-state index contributed by atoms with van der Waals surface area (Å²) >= 11 is 7.40. The van der Waals surface area contributed by atoms with Crippen LogP contribution in [0.4, 0.5) is 5.13 Å². The van der Waals surface area contributed by atoms with E-state index in [-0.39, 0.29) is 17.4 Å². The Morgan fingerprint density at radius 1 is 1.20 bits per heavy atom. The van der Waals surface area contributed by atoms with Crippen molar-refractivity contribution < 1.29 is 19.5 Å². The minimum absolute atomic E-state index is 0.0628. The molecule has 1 aliphatic rings. The number of halogens is 1. The van der Waals surface area contributed by atoms with Crippen LogP contribution >= 0.6 is 22.9 Å². The van der Waals surface area contributed by atoms with Gasteiger partial charge in [0.15, 0.2) is 16.7 Å². The molecule has 1 aromatic heterocycles. The van der Waals surface area contributed by atoms with Crippen LogP contribution in [-0.4, -0.2) is 33.7 Å². The van der Waals surface area contributed by atoms with E-state index >= 15 is 0 Å². The molecule has 0 bridgehead atoms. The zero-order valence-corrected chi connectivity index (χ0v) is 21.4. The van der Waals surface area contributed by atoms with Crippen molar-refractivity contribution in [2.75, 3.05) is 4.90 Å². The van der Waals surface area contributed by atoms with Crippen molar-refractivity contribution >= 4 is 55.9 Å². The van der Waals surface area contributed by atoms with E-state index < -0.39 is 29.5 Å². The first-order chi connectivity index (χ1) is 16.6. The SMILES string of the molecule is CC(=O)NC(CC(C)C)C(=O)C1=C(O)C(=O)N(c2nc3ccc(C)cc3s2)C1c1ccc(Cl)cc1. The minimum Gasteiger partial charge on any atom is -0.503 e. The molecule has 4 rings (SSSR count). The van der Waals surface area contributed by atoms with Gasteiger partial charge in [-0.3, -0.25) is 19.3 Å². The Kier molecular flexibility index (Phi) is 6.96. The highest BCUT2D eigenvalue weighted by atomic mass is 35.5. The summed E-state index contributed by atoms with van der Waals surface area (Å²) in [7, 11) is 0. The molecule has 9 heteroatoms. The number of ketones is 1. The summed E-state index contributed by atoms with van der Waals surface area (Å²) in [5, 5.41) is 14.5. The third-order valence-electron chi connectivity index (χ3n) is 5.80. The van der Waals surface area contributed by atoms with Crippen molar-refractivity contribution in [1.82, 2.24) is 10.3 Å². The van der Waals surface area contributed by atoms with Crippen molar-refractivity contribution in [3.8, 4) is 0 Å². The Labute approximate surface area is 212 Å². The molecule has 2 unspecified atom stereocenters. The number of hydrogen-bond donors (Lipinski definition) is 2. The number of aromatic nitrogens is 1. The summed E-state index contributed by atoms with van der Waals surface area (Å²) in [6, 6.07) is 10.7. The second kappa shape index (κ2) is 9.79. The highest BCUT2D eigenvalue weighted by molar-refractivity contribution is 7.22. The fourth-order valence-corrected chi connectivity index (χ4v) is 5.49. The lowest BCUT2D eigenvalue weighted by Crippen LogP contribution is -2.42. The number of amides is 2. The number of fused-ring (bicyclic) bond motifs is 1. The Morgan fingerprint density at radius 3 is 2.51 bits per heavy atom. The molecule has 0 spiro atoms. The Balaban J connectivity index is 1.85. The zero-order chi connectivity index (χ0) is 25.4. The lowest BCUT2D eigenvalue weighted by atomic mass is 9.89. The van der Waals surface area contributed by atoms with Crippen LogP contribution in [0.5, 0.6) is 0 Å². The first-order valence-corrected chi connectivity index (χ1v) is 12.5. The first-order valence-electron chi connectivity index (χ1n) is 11.3. The molecule has 2 atom stereocenters. The van der Waals surface area contributed by atoms with Gasteiger partial charge in [0, 0.05) is 11.9 Å². The van der Waals surface area contributed by atoms with E-state index in [0.29, 0.717) is 27.7 Å². The number of aliphatic hydroxyl groups is 1.